The first-order chi connectivity index (χ1) is 15.6. The molecule has 9 heteroatoms. The molecule has 32 heavy (non-hydrogen) atoms. The van der Waals surface area contributed by atoms with Gasteiger partial charge in [0.2, 0.25) is 0 Å². The number of nitrogens with one attached hydrogen (secondary N) is 2. The van der Waals surface area contributed by atoms with Crippen LogP contribution in [-0.2, 0) is 9.59 Å². The van der Waals surface area contributed by atoms with Crippen LogP contribution in [0.4, 0.5) is 4.79 Å². The molecule has 1 aromatic rings. The van der Waals surface area contributed by atoms with Crippen LogP contribution in [0.25, 0.3) is 0 Å². The Hall–Kier alpha value is -2.81. The van der Waals surface area contributed by atoms with E-state index in [-0.39, 0.29) is 24.4 Å². The lowest BCUT2D eigenvalue weighted by Crippen LogP contribution is -2.52. The van der Waals surface area contributed by atoms with E-state index in [0.717, 1.165) is 67.1 Å². The average Bonchev–Trinajstić information content (AvgIpc) is 3.22. The highest BCUT2D eigenvalue weighted by Gasteiger charge is 2.52. The summed E-state index contributed by atoms with van der Waals surface area (Å²) in [4.78, 5) is 40.2. The fraction of sp³-hybridized carbons (Fsp3) is 0.609. The maximum absolute atomic E-state index is 12.9. The van der Waals surface area contributed by atoms with Crippen molar-refractivity contribution in [2.45, 2.75) is 62.9 Å². The van der Waals surface area contributed by atoms with Crippen LogP contribution in [0.2, 0.25) is 0 Å². The smallest absolute Gasteiger partial charge is 0.344 e. The van der Waals surface area contributed by atoms with Crippen molar-refractivity contribution in [2.24, 2.45) is 0 Å². The van der Waals surface area contributed by atoms with Gasteiger partial charge < -0.3 is 14.8 Å². The predicted molar refractivity (Wildman–Crippen MR) is 115 cm³/mol. The molecule has 0 aromatic heterocycles. The molecule has 1 saturated carbocycles. The number of hydrogen-bond acceptors (Lipinski definition) is 6. The number of fused-ring (bicyclic) bond motifs is 1. The zero-order valence-corrected chi connectivity index (χ0v) is 18.2. The number of amides is 4. The molecule has 3 fully saturated rings. The summed E-state index contributed by atoms with van der Waals surface area (Å²) in [7, 11) is 0. The van der Waals surface area contributed by atoms with E-state index in [9.17, 15) is 14.4 Å². The largest absolute Gasteiger partial charge is 0.490 e. The minimum atomic E-state index is -0.845. The molecule has 1 spiro atoms. The first-order valence-electron chi connectivity index (χ1n) is 11.7. The van der Waals surface area contributed by atoms with E-state index in [1.807, 2.05) is 18.2 Å². The molecule has 9 nitrogen and oxygen atoms in total. The summed E-state index contributed by atoms with van der Waals surface area (Å²) in [5.74, 6) is 0.802. The lowest BCUT2D eigenvalue weighted by Gasteiger charge is -2.30. The topological polar surface area (TPSA) is 100 Å². The summed E-state index contributed by atoms with van der Waals surface area (Å²) >= 11 is 0. The Kier molecular flexibility index (Phi) is 5.67. The molecule has 0 bridgehead atoms. The van der Waals surface area contributed by atoms with Gasteiger partial charge in [0.25, 0.3) is 11.8 Å². The Morgan fingerprint density at radius 3 is 2.66 bits per heavy atom. The van der Waals surface area contributed by atoms with Gasteiger partial charge in [0.15, 0.2) is 11.5 Å². The zero-order valence-electron chi connectivity index (χ0n) is 18.2. The maximum atomic E-state index is 12.9. The highest BCUT2D eigenvalue weighted by molar-refractivity contribution is 6.08. The van der Waals surface area contributed by atoms with Crippen LogP contribution in [0, 0.1) is 0 Å². The van der Waals surface area contributed by atoms with Crippen molar-refractivity contribution in [1.29, 1.82) is 0 Å². The van der Waals surface area contributed by atoms with Crippen LogP contribution in [0.3, 0.4) is 0 Å². The van der Waals surface area contributed by atoms with E-state index in [1.54, 1.807) is 0 Å². The van der Waals surface area contributed by atoms with Gasteiger partial charge in [-0.05, 0) is 49.9 Å². The number of nitrogens with zero attached hydrogens (tertiary/aromatic N) is 2. The predicted octanol–water partition coefficient (Wildman–Crippen LogP) is 2.27. The number of urea groups is 1. The second-order valence-electron chi connectivity index (χ2n) is 9.13. The van der Waals surface area contributed by atoms with Gasteiger partial charge >= 0.3 is 6.03 Å². The van der Waals surface area contributed by atoms with Crippen LogP contribution in [0.1, 0.15) is 63.0 Å². The monoisotopic (exact) mass is 442 g/mol. The maximum Gasteiger partial charge on any atom is 0.344 e. The quantitative estimate of drug-likeness (QED) is 0.694. The standard InChI is InChI=1S/C23H30N4O5/c28-20(25-27-21(29)23(24-22(27)30)9-2-1-3-10-23)15-26-11-4-6-17(26)16-7-8-18-19(14-16)32-13-5-12-31-18/h7-8,14,17H,1-6,9-13,15H2,(H,24,30)(H,25,28). The minimum Gasteiger partial charge on any atom is -0.490 e. The number of likely N-dealkylation sites (tertiary alicyclic amines) is 1. The normalized spacial score (nSPS) is 25.0. The fourth-order valence-corrected chi connectivity index (χ4v) is 5.34. The number of hydrazine groups is 1. The first-order valence-corrected chi connectivity index (χ1v) is 11.7. The van der Waals surface area contributed by atoms with Gasteiger partial charge in [-0.2, -0.15) is 5.01 Å². The number of ether oxygens (including phenoxy) is 2. The third-order valence-corrected chi connectivity index (χ3v) is 6.97. The number of hydrogen-bond donors (Lipinski definition) is 2. The number of imide groups is 1. The first kappa shape index (κ1) is 21.1. The molecule has 1 aromatic carbocycles. The SMILES string of the molecule is O=C(CN1CCCC1c1ccc2c(c1)OCCCO2)NN1C(=O)NC2(CCCCC2)C1=O. The van der Waals surface area contributed by atoms with Crippen molar-refractivity contribution in [3.05, 3.63) is 23.8 Å². The summed E-state index contributed by atoms with van der Waals surface area (Å²) in [5, 5.41) is 3.70. The van der Waals surface area contributed by atoms with Gasteiger partial charge in [0.1, 0.15) is 5.54 Å². The molecule has 1 aliphatic carbocycles. The lowest BCUT2D eigenvalue weighted by atomic mass is 9.82. The van der Waals surface area contributed by atoms with Gasteiger partial charge in [-0.15, -0.1) is 0 Å². The Labute approximate surface area is 187 Å². The molecule has 3 aliphatic heterocycles. The molecule has 4 amide bonds. The van der Waals surface area contributed by atoms with Gasteiger partial charge in [-0.1, -0.05) is 25.3 Å². The Morgan fingerprint density at radius 1 is 1.06 bits per heavy atom. The fourth-order valence-electron chi connectivity index (χ4n) is 5.34. The Bertz CT molecular complexity index is 914. The molecular weight excluding hydrogens is 412 g/mol. The van der Waals surface area contributed by atoms with Crippen molar-refractivity contribution in [3.8, 4) is 11.5 Å². The van der Waals surface area contributed by atoms with E-state index < -0.39 is 11.6 Å². The molecule has 4 aliphatic rings. The molecule has 1 atom stereocenters. The molecule has 3 heterocycles. The van der Waals surface area contributed by atoms with E-state index >= 15 is 0 Å². The van der Waals surface area contributed by atoms with Crippen molar-refractivity contribution in [2.75, 3.05) is 26.3 Å². The molecule has 0 radical (unpaired) electrons. The van der Waals surface area contributed by atoms with Crippen molar-refractivity contribution in [1.82, 2.24) is 20.7 Å². The van der Waals surface area contributed by atoms with Gasteiger partial charge in [-0.3, -0.25) is 19.9 Å². The van der Waals surface area contributed by atoms with Crippen molar-refractivity contribution in [3.63, 3.8) is 0 Å². The number of carbonyl (C=O) groups excluding carboxylic acids is 3. The Morgan fingerprint density at radius 2 is 1.84 bits per heavy atom. The zero-order chi connectivity index (χ0) is 22.1. The van der Waals surface area contributed by atoms with Crippen LogP contribution < -0.4 is 20.2 Å². The molecule has 172 valence electrons. The minimum absolute atomic E-state index is 0.0747. The van der Waals surface area contributed by atoms with Crippen LogP contribution in [0.5, 0.6) is 11.5 Å². The third-order valence-electron chi connectivity index (χ3n) is 6.97. The van der Waals surface area contributed by atoms with E-state index in [2.05, 4.69) is 15.6 Å². The number of carbonyl (C=O) groups is 3. The number of benzene rings is 1. The molecule has 5 rings (SSSR count). The summed E-state index contributed by atoms with van der Waals surface area (Å²) in [6, 6.07) is 5.50. The summed E-state index contributed by atoms with van der Waals surface area (Å²) in [5.41, 5.74) is 2.79. The second kappa shape index (κ2) is 8.61. The molecule has 2 saturated heterocycles. The van der Waals surface area contributed by atoms with Gasteiger partial charge in [-0.25, -0.2) is 4.79 Å². The second-order valence-corrected chi connectivity index (χ2v) is 9.13. The van der Waals surface area contributed by atoms with Crippen LogP contribution in [0.15, 0.2) is 18.2 Å². The highest BCUT2D eigenvalue weighted by atomic mass is 16.5. The van der Waals surface area contributed by atoms with Crippen LogP contribution in [-0.4, -0.2) is 59.6 Å². The van der Waals surface area contributed by atoms with Gasteiger partial charge in [0, 0.05) is 12.5 Å². The van der Waals surface area contributed by atoms with E-state index in [4.69, 9.17) is 9.47 Å². The van der Waals surface area contributed by atoms with Crippen molar-refractivity contribution >= 4 is 17.8 Å². The molecular formula is C23H30N4O5. The van der Waals surface area contributed by atoms with E-state index in [0.29, 0.717) is 26.1 Å². The summed E-state index contributed by atoms with van der Waals surface area (Å²) in [6.45, 7) is 2.16. The van der Waals surface area contributed by atoms with Gasteiger partial charge in [0.05, 0.1) is 19.8 Å². The van der Waals surface area contributed by atoms with E-state index in [1.165, 1.54) is 0 Å². The number of rotatable bonds is 4. The Balaban J connectivity index is 1.24. The lowest BCUT2D eigenvalue weighted by molar-refractivity contribution is -0.140. The molecule has 1 unspecified atom stereocenters. The third kappa shape index (κ3) is 3.90. The highest BCUT2D eigenvalue weighted by Crippen LogP contribution is 2.38. The van der Waals surface area contributed by atoms with Crippen LogP contribution >= 0.6 is 0 Å². The molecule has 2 N–H and O–H groups in total. The average molecular weight is 443 g/mol. The summed E-state index contributed by atoms with van der Waals surface area (Å²) < 4.78 is 11.5. The summed E-state index contributed by atoms with van der Waals surface area (Å²) in [6.07, 6.45) is 6.87. The van der Waals surface area contributed by atoms with Crippen molar-refractivity contribution < 1.29 is 23.9 Å².